The smallest absolute Gasteiger partial charge is 0.315 e. The van der Waals surface area contributed by atoms with E-state index in [0.29, 0.717) is 32.8 Å². The number of urea groups is 1. The summed E-state index contributed by atoms with van der Waals surface area (Å²) in [5.74, 6) is -1.64. The first-order chi connectivity index (χ1) is 9.65. The monoisotopic (exact) mass is 290 g/mol. The molecule has 2 amide bonds. The molecule has 0 aromatic rings. The number of aliphatic carboxylic acids is 1. The summed E-state index contributed by atoms with van der Waals surface area (Å²) in [4.78, 5) is 22.5. The van der Waals surface area contributed by atoms with E-state index in [-0.39, 0.29) is 19.2 Å². The average Bonchev–Trinajstić information content (AvgIpc) is 2.86. The molecule has 0 saturated carbocycles. The van der Waals surface area contributed by atoms with Gasteiger partial charge in [-0.15, -0.1) is 0 Å². The van der Waals surface area contributed by atoms with Crippen LogP contribution in [0.15, 0.2) is 0 Å². The molecule has 2 unspecified atom stereocenters. The van der Waals surface area contributed by atoms with Crippen molar-refractivity contribution in [2.75, 3.05) is 46.7 Å². The van der Waals surface area contributed by atoms with Crippen molar-refractivity contribution in [3.05, 3.63) is 0 Å². The van der Waals surface area contributed by atoms with Gasteiger partial charge in [0.05, 0.1) is 32.5 Å². The number of hydrogen-bond acceptors (Lipinski definition) is 5. The summed E-state index contributed by atoms with van der Waals surface area (Å²) in [5.41, 5.74) is 0. The first-order valence-corrected chi connectivity index (χ1v) is 6.56. The van der Waals surface area contributed by atoms with E-state index in [1.807, 2.05) is 0 Å². The van der Waals surface area contributed by atoms with Crippen LogP contribution in [0.1, 0.15) is 6.42 Å². The lowest BCUT2D eigenvalue weighted by Crippen LogP contribution is -2.47. The molecule has 1 heterocycles. The minimum absolute atomic E-state index is 0.133. The summed E-state index contributed by atoms with van der Waals surface area (Å²) < 4.78 is 15.1. The van der Waals surface area contributed by atoms with Crippen LogP contribution in [0.4, 0.5) is 4.79 Å². The van der Waals surface area contributed by atoms with Gasteiger partial charge in [0.1, 0.15) is 5.92 Å². The Kier molecular flexibility index (Phi) is 7.93. The number of carboxylic acid groups (broad SMARTS) is 1. The third kappa shape index (κ3) is 6.18. The molecule has 1 rings (SSSR count). The zero-order chi connectivity index (χ0) is 14.8. The van der Waals surface area contributed by atoms with Crippen LogP contribution in [0.3, 0.4) is 0 Å². The second kappa shape index (κ2) is 9.51. The Bertz CT molecular complexity index is 312. The molecule has 0 aromatic carbocycles. The largest absolute Gasteiger partial charge is 0.481 e. The Morgan fingerprint density at radius 1 is 1.30 bits per heavy atom. The third-order valence-corrected chi connectivity index (χ3v) is 2.90. The number of nitrogens with one attached hydrogen (secondary N) is 2. The summed E-state index contributed by atoms with van der Waals surface area (Å²) >= 11 is 0. The van der Waals surface area contributed by atoms with Crippen LogP contribution in [0.25, 0.3) is 0 Å². The Balaban J connectivity index is 2.07. The van der Waals surface area contributed by atoms with Crippen LogP contribution in [-0.4, -0.2) is 69.8 Å². The highest BCUT2D eigenvalue weighted by molar-refractivity contribution is 5.77. The third-order valence-electron chi connectivity index (χ3n) is 2.90. The van der Waals surface area contributed by atoms with Gasteiger partial charge in [-0.1, -0.05) is 0 Å². The molecular weight excluding hydrogens is 268 g/mol. The predicted molar refractivity (Wildman–Crippen MR) is 69.6 cm³/mol. The second-order valence-corrected chi connectivity index (χ2v) is 4.45. The first kappa shape index (κ1) is 16.7. The molecule has 116 valence electrons. The van der Waals surface area contributed by atoms with Crippen LogP contribution in [0.2, 0.25) is 0 Å². The Morgan fingerprint density at radius 2 is 2.10 bits per heavy atom. The normalized spacial score (nSPS) is 21.6. The minimum Gasteiger partial charge on any atom is -0.481 e. The van der Waals surface area contributed by atoms with Crippen LogP contribution in [-0.2, 0) is 19.0 Å². The molecule has 0 aliphatic carbocycles. The van der Waals surface area contributed by atoms with Gasteiger partial charge in [-0.3, -0.25) is 4.79 Å². The van der Waals surface area contributed by atoms with Crippen LogP contribution in [0, 0.1) is 5.92 Å². The fourth-order valence-electron chi connectivity index (χ4n) is 1.78. The van der Waals surface area contributed by atoms with Gasteiger partial charge in [0.15, 0.2) is 0 Å². The van der Waals surface area contributed by atoms with E-state index >= 15 is 0 Å². The number of rotatable bonds is 9. The van der Waals surface area contributed by atoms with Crippen molar-refractivity contribution in [2.45, 2.75) is 12.5 Å². The number of hydrogen-bond donors (Lipinski definition) is 3. The van der Waals surface area contributed by atoms with Gasteiger partial charge in [-0.05, 0) is 6.42 Å². The standard InChI is InChI=1S/C12H22N2O6/c1-18-5-6-19-4-2-3-13-12(17)14-10-8-20-7-9(10)11(15)16/h9-10H,2-8H2,1H3,(H,15,16)(H2,13,14,17). The Labute approximate surface area is 117 Å². The molecule has 0 radical (unpaired) electrons. The molecule has 8 heteroatoms. The van der Waals surface area contributed by atoms with Gasteiger partial charge in [-0.2, -0.15) is 0 Å². The predicted octanol–water partition coefficient (Wildman–Crippen LogP) is -0.562. The average molecular weight is 290 g/mol. The highest BCUT2D eigenvalue weighted by Crippen LogP contribution is 2.13. The van der Waals surface area contributed by atoms with Crippen LogP contribution >= 0.6 is 0 Å². The number of carbonyl (C=O) groups excluding carboxylic acids is 1. The van der Waals surface area contributed by atoms with Crippen molar-refractivity contribution >= 4 is 12.0 Å². The maximum atomic E-state index is 11.6. The SMILES string of the molecule is COCCOCCCNC(=O)NC1COCC1C(=O)O. The number of amides is 2. The highest BCUT2D eigenvalue weighted by atomic mass is 16.5. The van der Waals surface area contributed by atoms with E-state index in [2.05, 4.69) is 10.6 Å². The molecule has 1 saturated heterocycles. The maximum Gasteiger partial charge on any atom is 0.315 e. The molecule has 8 nitrogen and oxygen atoms in total. The zero-order valence-electron chi connectivity index (χ0n) is 11.6. The second-order valence-electron chi connectivity index (χ2n) is 4.45. The van der Waals surface area contributed by atoms with Crippen LogP contribution < -0.4 is 10.6 Å². The molecule has 2 atom stereocenters. The lowest BCUT2D eigenvalue weighted by molar-refractivity contribution is -0.142. The number of carboxylic acids is 1. The fraction of sp³-hybridized carbons (Fsp3) is 0.833. The van der Waals surface area contributed by atoms with Gasteiger partial charge < -0.3 is 30.0 Å². The molecule has 20 heavy (non-hydrogen) atoms. The summed E-state index contributed by atoms with van der Waals surface area (Å²) in [7, 11) is 1.60. The maximum absolute atomic E-state index is 11.6. The van der Waals surface area contributed by atoms with Crippen molar-refractivity contribution in [3.8, 4) is 0 Å². The van der Waals surface area contributed by atoms with Crippen molar-refractivity contribution in [2.24, 2.45) is 5.92 Å². The van der Waals surface area contributed by atoms with Gasteiger partial charge in [0, 0.05) is 20.3 Å². The topological polar surface area (TPSA) is 106 Å². The molecule has 0 spiro atoms. The van der Waals surface area contributed by atoms with Crippen molar-refractivity contribution in [1.82, 2.24) is 10.6 Å². The quantitative estimate of drug-likeness (QED) is 0.491. The van der Waals surface area contributed by atoms with E-state index in [4.69, 9.17) is 19.3 Å². The van der Waals surface area contributed by atoms with E-state index in [1.165, 1.54) is 0 Å². The van der Waals surface area contributed by atoms with E-state index in [0.717, 1.165) is 0 Å². The Hall–Kier alpha value is -1.38. The first-order valence-electron chi connectivity index (χ1n) is 6.56. The molecule has 1 aliphatic heterocycles. The van der Waals surface area contributed by atoms with Gasteiger partial charge in [-0.25, -0.2) is 4.79 Å². The van der Waals surface area contributed by atoms with E-state index in [9.17, 15) is 9.59 Å². The number of carbonyl (C=O) groups is 2. The zero-order valence-corrected chi connectivity index (χ0v) is 11.6. The molecule has 1 aliphatic rings. The molecule has 0 aromatic heterocycles. The molecule has 1 fully saturated rings. The number of ether oxygens (including phenoxy) is 3. The summed E-state index contributed by atoms with van der Waals surface area (Å²) in [6.07, 6.45) is 0.681. The molecule has 3 N–H and O–H groups in total. The van der Waals surface area contributed by atoms with Crippen molar-refractivity contribution in [3.63, 3.8) is 0 Å². The van der Waals surface area contributed by atoms with Gasteiger partial charge in [0.25, 0.3) is 0 Å². The molecule has 0 bridgehead atoms. The van der Waals surface area contributed by atoms with E-state index < -0.39 is 17.9 Å². The van der Waals surface area contributed by atoms with Gasteiger partial charge >= 0.3 is 12.0 Å². The van der Waals surface area contributed by atoms with Crippen molar-refractivity contribution < 1.29 is 28.9 Å². The highest BCUT2D eigenvalue weighted by Gasteiger charge is 2.34. The molecular formula is C12H22N2O6. The summed E-state index contributed by atoms with van der Waals surface area (Å²) in [6.45, 7) is 2.44. The summed E-state index contributed by atoms with van der Waals surface area (Å²) in [5, 5.41) is 14.2. The fourth-order valence-corrected chi connectivity index (χ4v) is 1.78. The summed E-state index contributed by atoms with van der Waals surface area (Å²) in [6, 6.07) is -0.867. The lowest BCUT2D eigenvalue weighted by Gasteiger charge is -2.16. The van der Waals surface area contributed by atoms with Crippen LogP contribution in [0.5, 0.6) is 0 Å². The minimum atomic E-state index is -0.959. The lowest BCUT2D eigenvalue weighted by atomic mass is 10.0. The number of methoxy groups -OCH3 is 1. The Morgan fingerprint density at radius 3 is 2.80 bits per heavy atom. The van der Waals surface area contributed by atoms with Crippen molar-refractivity contribution in [1.29, 1.82) is 0 Å². The van der Waals surface area contributed by atoms with Gasteiger partial charge in [0.2, 0.25) is 0 Å². The van der Waals surface area contributed by atoms with E-state index in [1.54, 1.807) is 7.11 Å².